The summed E-state index contributed by atoms with van der Waals surface area (Å²) in [5.74, 6) is 1.80. The summed E-state index contributed by atoms with van der Waals surface area (Å²) < 4.78 is 10.5. The molecule has 1 aromatic heterocycles. The quantitative estimate of drug-likeness (QED) is 0.794. The van der Waals surface area contributed by atoms with Gasteiger partial charge in [-0.05, 0) is 43.5 Å². The van der Waals surface area contributed by atoms with E-state index in [-0.39, 0.29) is 17.4 Å². The van der Waals surface area contributed by atoms with Crippen molar-refractivity contribution in [1.82, 2.24) is 15.0 Å². The fourth-order valence-corrected chi connectivity index (χ4v) is 2.44. The van der Waals surface area contributed by atoms with Gasteiger partial charge >= 0.3 is 0 Å². The van der Waals surface area contributed by atoms with Gasteiger partial charge in [-0.1, -0.05) is 25.9 Å². The first-order valence-electron chi connectivity index (χ1n) is 8.46. The molecule has 0 aliphatic heterocycles. The average Bonchev–Trinajstić information content (AvgIpc) is 2.99. The number of hydrogen-bond acceptors (Lipinski definition) is 5. The molecular formula is C19H27N3O3. The van der Waals surface area contributed by atoms with Gasteiger partial charge in [0.2, 0.25) is 17.6 Å². The van der Waals surface area contributed by atoms with E-state index in [1.807, 2.05) is 38.1 Å². The van der Waals surface area contributed by atoms with Gasteiger partial charge in [-0.3, -0.25) is 4.79 Å². The van der Waals surface area contributed by atoms with Crippen LogP contribution in [0.3, 0.4) is 0 Å². The Balaban J connectivity index is 2.12. The van der Waals surface area contributed by atoms with E-state index in [1.165, 1.54) is 0 Å². The van der Waals surface area contributed by atoms with Crippen molar-refractivity contribution in [3.63, 3.8) is 0 Å². The summed E-state index contributed by atoms with van der Waals surface area (Å²) in [5.41, 5.74) is 0.778. The minimum absolute atomic E-state index is 0.0613. The summed E-state index contributed by atoms with van der Waals surface area (Å²) in [6.45, 7) is 10.5. The molecule has 0 bridgehead atoms. The summed E-state index contributed by atoms with van der Waals surface area (Å²) in [5, 5.41) is 4.02. The molecule has 0 saturated carbocycles. The number of ether oxygens (including phenoxy) is 1. The van der Waals surface area contributed by atoms with Gasteiger partial charge in [0.15, 0.2) is 0 Å². The van der Waals surface area contributed by atoms with Gasteiger partial charge in [0, 0.05) is 18.0 Å². The van der Waals surface area contributed by atoms with Gasteiger partial charge in [0.25, 0.3) is 0 Å². The van der Waals surface area contributed by atoms with E-state index >= 15 is 0 Å². The molecular weight excluding hydrogens is 318 g/mol. The number of rotatable bonds is 6. The predicted octanol–water partition coefficient (Wildman–Crippen LogP) is 3.92. The molecule has 1 amide bonds. The van der Waals surface area contributed by atoms with E-state index in [0.29, 0.717) is 24.7 Å². The lowest BCUT2D eigenvalue weighted by molar-refractivity contribution is -0.135. The van der Waals surface area contributed by atoms with Gasteiger partial charge in [-0.2, -0.15) is 4.98 Å². The maximum absolute atomic E-state index is 12.6. The molecule has 0 spiro atoms. The fraction of sp³-hybridized carbons (Fsp3) is 0.526. The second-order valence-electron chi connectivity index (χ2n) is 7.59. The highest BCUT2D eigenvalue weighted by Gasteiger charge is 2.25. The van der Waals surface area contributed by atoms with E-state index in [1.54, 1.807) is 12.0 Å². The van der Waals surface area contributed by atoms with Crippen LogP contribution < -0.4 is 4.74 Å². The topological polar surface area (TPSA) is 68.5 Å². The van der Waals surface area contributed by atoms with Crippen LogP contribution in [-0.4, -0.2) is 34.1 Å². The van der Waals surface area contributed by atoms with E-state index in [0.717, 1.165) is 11.3 Å². The number of carbonyl (C=O) groups excluding carboxylic acids is 1. The zero-order valence-electron chi connectivity index (χ0n) is 15.9. The van der Waals surface area contributed by atoms with E-state index in [4.69, 9.17) is 9.26 Å². The Morgan fingerprint density at radius 2 is 1.88 bits per heavy atom. The van der Waals surface area contributed by atoms with Crippen molar-refractivity contribution in [2.24, 2.45) is 5.41 Å². The Labute approximate surface area is 149 Å². The first kappa shape index (κ1) is 19.0. The second-order valence-corrected chi connectivity index (χ2v) is 7.59. The molecule has 1 aromatic carbocycles. The molecule has 0 fully saturated rings. The highest BCUT2D eigenvalue weighted by atomic mass is 16.5. The van der Waals surface area contributed by atoms with Crippen LogP contribution in [0.15, 0.2) is 28.8 Å². The van der Waals surface area contributed by atoms with E-state index in [9.17, 15) is 4.79 Å². The fourth-order valence-electron chi connectivity index (χ4n) is 2.44. The largest absolute Gasteiger partial charge is 0.497 e. The van der Waals surface area contributed by atoms with Crippen molar-refractivity contribution in [2.45, 2.75) is 53.6 Å². The Morgan fingerprint density at radius 3 is 2.40 bits per heavy atom. The number of hydrogen-bond donors (Lipinski definition) is 0. The zero-order chi connectivity index (χ0) is 18.6. The minimum Gasteiger partial charge on any atom is -0.497 e. The Morgan fingerprint density at radius 1 is 1.24 bits per heavy atom. The third kappa shape index (κ3) is 5.31. The van der Waals surface area contributed by atoms with Crippen LogP contribution in [0.5, 0.6) is 5.75 Å². The second kappa shape index (κ2) is 7.68. The monoisotopic (exact) mass is 345 g/mol. The van der Waals surface area contributed by atoms with Crippen molar-refractivity contribution in [1.29, 1.82) is 0 Å². The molecule has 2 aromatic rings. The zero-order valence-corrected chi connectivity index (χ0v) is 15.9. The highest BCUT2D eigenvalue weighted by Crippen LogP contribution is 2.23. The van der Waals surface area contributed by atoms with Crippen molar-refractivity contribution in [3.05, 3.63) is 30.2 Å². The van der Waals surface area contributed by atoms with Gasteiger partial charge in [-0.25, -0.2) is 0 Å². The van der Waals surface area contributed by atoms with Gasteiger partial charge < -0.3 is 14.2 Å². The standard InChI is InChI=1S/C19H27N3O3/c1-13(2)22(17(23)11-19(3,4)5)12-16-20-18(21-25-16)14-7-9-15(24-6)10-8-14/h7-10,13H,11-12H2,1-6H3. The first-order chi connectivity index (χ1) is 11.7. The molecule has 136 valence electrons. The number of carbonyl (C=O) groups is 1. The summed E-state index contributed by atoms with van der Waals surface area (Å²) in [7, 11) is 1.62. The average molecular weight is 345 g/mol. The van der Waals surface area contributed by atoms with Crippen molar-refractivity contribution >= 4 is 5.91 Å². The molecule has 25 heavy (non-hydrogen) atoms. The number of benzene rings is 1. The Bertz CT molecular complexity index is 699. The lowest BCUT2D eigenvalue weighted by Crippen LogP contribution is -2.38. The molecule has 0 aliphatic carbocycles. The van der Waals surface area contributed by atoms with Crippen LogP contribution >= 0.6 is 0 Å². The van der Waals surface area contributed by atoms with Gasteiger partial charge in [0.1, 0.15) is 12.3 Å². The van der Waals surface area contributed by atoms with E-state index in [2.05, 4.69) is 30.9 Å². The minimum atomic E-state index is -0.0622. The molecule has 0 radical (unpaired) electrons. The molecule has 1 heterocycles. The van der Waals surface area contributed by atoms with Crippen LogP contribution in [0, 0.1) is 5.41 Å². The lowest BCUT2D eigenvalue weighted by atomic mass is 9.91. The summed E-state index contributed by atoms with van der Waals surface area (Å²) in [6.07, 6.45) is 0.477. The molecule has 6 nitrogen and oxygen atoms in total. The van der Waals surface area contributed by atoms with Crippen LogP contribution in [-0.2, 0) is 11.3 Å². The Hall–Kier alpha value is -2.37. The van der Waals surface area contributed by atoms with Crippen LogP contribution in [0.25, 0.3) is 11.4 Å². The summed E-state index contributed by atoms with van der Waals surface area (Å²) in [6, 6.07) is 7.50. The number of amides is 1. The molecule has 0 N–H and O–H groups in total. The van der Waals surface area contributed by atoms with E-state index < -0.39 is 0 Å². The molecule has 6 heteroatoms. The number of aromatic nitrogens is 2. The molecule has 2 rings (SSSR count). The van der Waals surface area contributed by atoms with Crippen molar-refractivity contribution in [3.8, 4) is 17.1 Å². The molecule has 0 atom stereocenters. The number of nitrogens with zero attached hydrogens (tertiary/aromatic N) is 3. The lowest BCUT2D eigenvalue weighted by Gasteiger charge is -2.28. The SMILES string of the molecule is COc1ccc(-c2noc(CN(C(=O)CC(C)(C)C)C(C)C)n2)cc1. The number of methoxy groups -OCH3 is 1. The van der Waals surface area contributed by atoms with Gasteiger partial charge in [-0.15, -0.1) is 0 Å². The Kier molecular flexibility index (Phi) is 5.82. The molecule has 0 saturated heterocycles. The summed E-state index contributed by atoms with van der Waals surface area (Å²) in [4.78, 5) is 18.8. The third-order valence-electron chi connectivity index (χ3n) is 3.75. The summed E-state index contributed by atoms with van der Waals surface area (Å²) >= 11 is 0. The molecule has 0 unspecified atom stereocenters. The van der Waals surface area contributed by atoms with Gasteiger partial charge in [0.05, 0.1) is 7.11 Å². The predicted molar refractivity (Wildman–Crippen MR) is 96.0 cm³/mol. The first-order valence-corrected chi connectivity index (χ1v) is 8.46. The maximum Gasteiger partial charge on any atom is 0.246 e. The normalized spacial score (nSPS) is 11.6. The maximum atomic E-state index is 12.6. The third-order valence-corrected chi connectivity index (χ3v) is 3.75. The molecule has 0 aliphatic rings. The van der Waals surface area contributed by atoms with Crippen molar-refractivity contribution < 1.29 is 14.1 Å². The highest BCUT2D eigenvalue weighted by molar-refractivity contribution is 5.77. The van der Waals surface area contributed by atoms with Crippen LogP contribution in [0.1, 0.15) is 46.9 Å². The van der Waals surface area contributed by atoms with Crippen LogP contribution in [0.2, 0.25) is 0 Å². The smallest absolute Gasteiger partial charge is 0.246 e. The van der Waals surface area contributed by atoms with Crippen LogP contribution in [0.4, 0.5) is 0 Å². The van der Waals surface area contributed by atoms with Crippen molar-refractivity contribution in [2.75, 3.05) is 7.11 Å².